The molecule has 2 aromatic rings. The van der Waals surface area contributed by atoms with Crippen LogP contribution in [0, 0.1) is 0 Å². The number of aromatic nitrogens is 3. The summed E-state index contributed by atoms with van der Waals surface area (Å²) < 4.78 is 14.1. The Hall–Kier alpha value is -2.54. The Labute approximate surface area is 181 Å². The fourth-order valence-corrected chi connectivity index (χ4v) is 3.68. The van der Waals surface area contributed by atoms with Gasteiger partial charge in [0.25, 0.3) is 0 Å². The topological polar surface area (TPSA) is 86.5 Å². The van der Waals surface area contributed by atoms with Gasteiger partial charge in [0.2, 0.25) is 5.88 Å². The van der Waals surface area contributed by atoms with Crippen LogP contribution in [-0.2, 0) is 13.0 Å². The number of aromatic carboxylic acids is 1. The zero-order valence-corrected chi connectivity index (χ0v) is 19.1. The lowest BCUT2D eigenvalue weighted by atomic mass is 10.0. The zero-order chi connectivity index (χ0) is 22.4. The standard InChI is InChI=1S/C22H28ClN3O4/c1-8-13-17(23)25-18-15-12(10-9-11-26(13)18)16(29-21(2,3)4)14(20(27)28)19(24-15)30-22(5,6)7/h8H,1,9-11H2,2-7H3,(H,27,28). The van der Waals surface area contributed by atoms with Crippen molar-refractivity contribution in [2.45, 2.75) is 72.1 Å². The summed E-state index contributed by atoms with van der Waals surface area (Å²) in [5, 5.41) is 10.4. The number of ether oxygens (including phenoxy) is 2. The minimum absolute atomic E-state index is 0.000672. The molecule has 0 spiro atoms. The number of carbonyl (C=O) groups is 1. The van der Waals surface area contributed by atoms with Gasteiger partial charge >= 0.3 is 5.97 Å². The highest BCUT2D eigenvalue weighted by atomic mass is 35.5. The van der Waals surface area contributed by atoms with Crippen molar-refractivity contribution >= 4 is 23.6 Å². The van der Waals surface area contributed by atoms with Gasteiger partial charge in [-0.05, 0) is 60.5 Å². The van der Waals surface area contributed by atoms with Gasteiger partial charge in [-0.15, -0.1) is 0 Å². The van der Waals surface area contributed by atoms with Crippen molar-refractivity contribution in [2.24, 2.45) is 0 Å². The highest BCUT2D eigenvalue weighted by Crippen LogP contribution is 2.42. The first-order chi connectivity index (χ1) is 13.8. The molecule has 1 N–H and O–H groups in total. The van der Waals surface area contributed by atoms with E-state index in [4.69, 9.17) is 21.1 Å². The number of nitrogens with zero attached hydrogens (tertiary/aromatic N) is 3. The molecule has 0 atom stereocenters. The summed E-state index contributed by atoms with van der Waals surface area (Å²) in [6.07, 6.45) is 2.99. The molecule has 3 rings (SSSR count). The third kappa shape index (κ3) is 4.31. The number of fused-ring (bicyclic) bond motifs is 3. The Balaban J connectivity index is 2.40. The molecule has 0 saturated heterocycles. The molecule has 0 fully saturated rings. The first-order valence-electron chi connectivity index (χ1n) is 9.89. The summed E-state index contributed by atoms with van der Waals surface area (Å²) in [5.74, 6) is -0.328. The van der Waals surface area contributed by atoms with Gasteiger partial charge in [0.05, 0.1) is 5.69 Å². The quantitative estimate of drug-likeness (QED) is 0.709. The summed E-state index contributed by atoms with van der Waals surface area (Å²) in [7, 11) is 0. The Bertz CT molecular complexity index is 1010. The molecular weight excluding hydrogens is 406 g/mol. The molecule has 162 valence electrons. The number of hydrogen-bond acceptors (Lipinski definition) is 5. The molecule has 0 aromatic carbocycles. The van der Waals surface area contributed by atoms with Crippen LogP contribution >= 0.6 is 11.6 Å². The third-order valence-corrected chi connectivity index (χ3v) is 4.69. The zero-order valence-electron chi connectivity index (χ0n) is 18.3. The Kier molecular flexibility index (Phi) is 5.62. The van der Waals surface area contributed by atoms with Gasteiger partial charge in [-0.25, -0.2) is 14.8 Å². The smallest absolute Gasteiger partial charge is 0.345 e. The van der Waals surface area contributed by atoms with Gasteiger partial charge in [-0.2, -0.15) is 0 Å². The molecule has 8 heteroatoms. The van der Waals surface area contributed by atoms with E-state index in [0.717, 1.165) is 6.42 Å². The molecule has 7 nitrogen and oxygen atoms in total. The van der Waals surface area contributed by atoms with Crippen molar-refractivity contribution in [1.82, 2.24) is 14.5 Å². The van der Waals surface area contributed by atoms with E-state index in [1.807, 2.05) is 46.1 Å². The van der Waals surface area contributed by atoms with Gasteiger partial charge in [-0.1, -0.05) is 18.2 Å². The van der Waals surface area contributed by atoms with Crippen molar-refractivity contribution in [3.8, 4) is 23.1 Å². The molecule has 0 saturated carbocycles. The van der Waals surface area contributed by atoms with Gasteiger partial charge in [0.15, 0.2) is 16.5 Å². The van der Waals surface area contributed by atoms with Crippen LogP contribution in [0.15, 0.2) is 6.58 Å². The highest BCUT2D eigenvalue weighted by molar-refractivity contribution is 6.31. The van der Waals surface area contributed by atoms with E-state index in [-0.39, 0.29) is 17.2 Å². The first-order valence-corrected chi connectivity index (χ1v) is 10.3. The van der Waals surface area contributed by atoms with Crippen LogP contribution in [0.5, 0.6) is 11.6 Å². The van der Waals surface area contributed by atoms with E-state index in [2.05, 4.69) is 16.5 Å². The molecule has 2 aromatic heterocycles. The number of hydrogen-bond donors (Lipinski definition) is 1. The van der Waals surface area contributed by atoms with Crippen LogP contribution in [0.25, 0.3) is 17.6 Å². The lowest BCUT2D eigenvalue weighted by Gasteiger charge is -2.28. The van der Waals surface area contributed by atoms with Crippen LogP contribution in [0.3, 0.4) is 0 Å². The predicted octanol–water partition coefficient (Wildman–Crippen LogP) is 5.24. The minimum Gasteiger partial charge on any atom is -0.487 e. The lowest BCUT2D eigenvalue weighted by Crippen LogP contribution is -2.28. The Morgan fingerprint density at radius 2 is 1.80 bits per heavy atom. The molecule has 0 radical (unpaired) electrons. The summed E-state index contributed by atoms with van der Waals surface area (Å²) in [6, 6.07) is 0. The monoisotopic (exact) mass is 433 g/mol. The normalized spacial score (nSPS) is 13.8. The molecule has 1 aliphatic rings. The van der Waals surface area contributed by atoms with Crippen LogP contribution in [0.4, 0.5) is 0 Å². The summed E-state index contributed by atoms with van der Waals surface area (Å²) in [5.41, 5.74) is 0.567. The van der Waals surface area contributed by atoms with Crippen molar-refractivity contribution in [3.05, 3.63) is 28.6 Å². The SMILES string of the molecule is C=Cc1c(Cl)nc2n1CCCc1c-2nc(OC(C)(C)C)c(C(=O)O)c1OC(C)(C)C. The Morgan fingerprint density at radius 1 is 1.17 bits per heavy atom. The van der Waals surface area contributed by atoms with E-state index in [1.54, 1.807) is 6.08 Å². The fraction of sp³-hybridized carbons (Fsp3) is 0.500. The molecule has 0 bridgehead atoms. The van der Waals surface area contributed by atoms with E-state index in [1.165, 1.54) is 0 Å². The van der Waals surface area contributed by atoms with E-state index >= 15 is 0 Å². The molecule has 30 heavy (non-hydrogen) atoms. The van der Waals surface area contributed by atoms with Gasteiger partial charge in [0, 0.05) is 12.1 Å². The number of imidazole rings is 1. The Morgan fingerprint density at radius 3 is 2.33 bits per heavy atom. The molecule has 0 unspecified atom stereocenters. The summed E-state index contributed by atoms with van der Waals surface area (Å²) in [6.45, 7) is 15.6. The van der Waals surface area contributed by atoms with E-state index in [9.17, 15) is 9.90 Å². The molecule has 1 aliphatic heterocycles. The van der Waals surface area contributed by atoms with Gasteiger partial charge < -0.3 is 19.1 Å². The highest BCUT2D eigenvalue weighted by Gasteiger charge is 2.34. The lowest BCUT2D eigenvalue weighted by molar-refractivity contribution is 0.0655. The molecular formula is C22H28ClN3O4. The maximum atomic E-state index is 12.3. The van der Waals surface area contributed by atoms with Gasteiger partial charge in [-0.3, -0.25) is 0 Å². The molecule has 0 aliphatic carbocycles. The third-order valence-electron chi connectivity index (χ3n) is 4.41. The van der Waals surface area contributed by atoms with Crippen LogP contribution in [0.1, 0.15) is 69.6 Å². The molecule has 3 heterocycles. The number of pyridine rings is 1. The maximum absolute atomic E-state index is 12.3. The van der Waals surface area contributed by atoms with Crippen molar-refractivity contribution < 1.29 is 19.4 Å². The largest absolute Gasteiger partial charge is 0.487 e. The predicted molar refractivity (Wildman–Crippen MR) is 117 cm³/mol. The number of halogens is 1. The van der Waals surface area contributed by atoms with Crippen molar-refractivity contribution in [1.29, 1.82) is 0 Å². The van der Waals surface area contributed by atoms with Crippen LogP contribution in [-0.4, -0.2) is 36.8 Å². The fourth-order valence-electron chi connectivity index (χ4n) is 3.42. The first kappa shape index (κ1) is 22.2. The second-order valence-electron chi connectivity index (χ2n) is 9.25. The van der Waals surface area contributed by atoms with E-state index in [0.29, 0.717) is 40.9 Å². The number of carboxylic acid groups (broad SMARTS) is 1. The van der Waals surface area contributed by atoms with Crippen LogP contribution < -0.4 is 9.47 Å². The second-order valence-corrected chi connectivity index (χ2v) is 9.61. The molecule has 0 amide bonds. The maximum Gasteiger partial charge on any atom is 0.345 e. The second kappa shape index (κ2) is 7.61. The number of carboxylic acids is 1. The van der Waals surface area contributed by atoms with Crippen LogP contribution in [0.2, 0.25) is 5.15 Å². The average molecular weight is 434 g/mol. The van der Waals surface area contributed by atoms with E-state index < -0.39 is 17.2 Å². The van der Waals surface area contributed by atoms with Crippen molar-refractivity contribution in [3.63, 3.8) is 0 Å². The van der Waals surface area contributed by atoms with Crippen molar-refractivity contribution in [2.75, 3.05) is 0 Å². The average Bonchev–Trinajstić information content (AvgIpc) is 2.78. The summed E-state index contributed by atoms with van der Waals surface area (Å²) >= 11 is 6.34. The number of rotatable bonds is 4. The summed E-state index contributed by atoms with van der Waals surface area (Å²) in [4.78, 5) is 21.4. The van der Waals surface area contributed by atoms with Gasteiger partial charge in [0.1, 0.15) is 22.6 Å². The minimum atomic E-state index is -1.15.